The van der Waals surface area contributed by atoms with Crippen LogP contribution in [0.1, 0.15) is 4.88 Å². The fraction of sp³-hybridized carbons (Fsp3) is 0. The van der Waals surface area contributed by atoms with Crippen molar-refractivity contribution < 1.29 is 0 Å². The predicted molar refractivity (Wildman–Crippen MR) is 114 cm³/mol. The Balaban J connectivity index is 2.14. The summed E-state index contributed by atoms with van der Waals surface area (Å²) in [5.41, 5.74) is 8.44. The molecule has 0 unspecified atom stereocenters. The second-order valence-corrected chi connectivity index (χ2v) is 7.56. The molecule has 2 aromatic carbocycles. The Morgan fingerprint density at radius 2 is 1.69 bits per heavy atom. The molecule has 128 valence electrons. The van der Waals surface area contributed by atoms with Crippen molar-refractivity contribution in [3.05, 3.63) is 87.0 Å². The molecule has 0 bridgehead atoms. The average molecular weight is 397 g/mol. The van der Waals surface area contributed by atoms with E-state index in [1.165, 1.54) is 11.3 Å². The lowest BCUT2D eigenvalue weighted by Gasteiger charge is -2.09. The summed E-state index contributed by atoms with van der Waals surface area (Å²) in [6.07, 6.45) is 0. The number of rotatable bonds is 3. The van der Waals surface area contributed by atoms with Crippen molar-refractivity contribution in [3.63, 3.8) is 0 Å². The van der Waals surface area contributed by atoms with Crippen LogP contribution in [0, 0.1) is 0 Å². The van der Waals surface area contributed by atoms with Crippen LogP contribution in [-0.2, 0) is 0 Å². The molecule has 4 aromatic rings. The molecule has 2 aromatic heterocycles. The first-order chi connectivity index (χ1) is 12.6. The molecule has 0 amide bonds. The van der Waals surface area contributed by atoms with E-state index < -0.39 is 0 Å². The van der Waals surface area contributed by atoms with Crippen molar-refractivity contribution in [1.29, 1.82) is 0 Å². The minimum Gasteiger partial charge on any atom is -0.389 e. The predicted octanol–water partition coefficient (Wildman–Crippen LogP) is 5.01. The fourth-order valence-corrected chi connectivity index (χ4v) is 4.64. The number of fused-ring (bicyclic) bond motifs is 1. The van der Waals surface area contributed by atoms with Gasteiger partial charge in [0.15, 0.2) is 0 Å². The van der Waals surface area contributed by atoms with E-state index in [-0.39, 0.29) is 5.56 Å². The lowest BCUT2D eigenvalue weighted by Crippen LogP contribution is -2.16. The molecule has 6 heteroatoms. The Labute approximate surface area is 164 Å². The lowest BCUT2D eigenvalue weighted by molar-refractivity contribution is 1.06. The van der Waals surface area contributed by atoms with Crippen molar-refractivity contribution in [2.75, 3.05) is 0 Å². The van der Waals surface area contributed by atoms with Gasteiger partial charge in [0.05, 0.1) is 15.6 Å². The second kappa shape index (κ2) is 6.68. The number of aromatic nitrogens is 1. The molecule has 0 spiro atoms. The number of pyridine rings is 1. The maximum absolute atomic E-state index is 12.7. The first kappa shape index (κ1) is 17.0. The van der Waals surface area contributed by atoms with E-state index in [0.29, 0.717) is 15.7 Å². The number of nitrogens with zero attached hydrogens (tertiary/aromatic N) is 1. The zero-order valence-electron chi connectivity index (χ0n) is 13.5. The minimum atomic E-state index is -0.152. The number of benzene rings is 2. The maximum atomic E-state index is 12.7. The fourth-order valence-electron chi connectivity index (χ4n) is 3.01. The quantitative estimate of drug-likeness (QED) is 0.495. The minimum absolute atomic E-state index is 0.152. The smallest absolute Gasteiger partial charge is 0.256 e. The summed E-state index contributed by atoms with van der Waals surface area (Å²) < 4.78 is 1.62. The van der Waals surface area contributed by atoms with E-state index in [0.717, 1.165) is 26.2 Å². The van der Waals surface area contributed by atoms with Crippen LogP contribution in [0.5, 0.6) is 0 Å². The van der Waals surface area contributed by atoms with Crippen LogP contribution in [0.2, 0.25) is 5.02 Å². The third kappa shape index (κ3) is 2.74. The molecular weight excluding hydrogens is 384 g/mol. The number of hydrogen-bond acceptors (Lipinski definition) is 3. The van der Waals surface area contributed by atoms with Crippen LogP contribution in [-0.4, -0.2) is 9.56 Å². The van der Waals surface area contributed by atoms with E-state index in [9.17, 15) is 4.79 Å². The van der Waals surface area contributed by atoms with Crippen LogP contribution in [0.25, 0.3) is 27.0 Å². The highest BCUT2D eigenvalue weighted by Crippen LogP contribution is 2.39. The van der Waals surface area contributed by atoms with Gasteiger partial charge in [0.1, 0.15) is 9.82 Å². The topological polar surface area (TPSA) is 48.0 Å². The molecule has 26 heavy (non-hydrogen) atoms. The van der Waals surface area contributed by atoms with Gasteiger partial charge in [0, 0.05) is 17.0 Å². The molecule has 0 radical (unpaired) electrons. The van der Waals surface area contributed by atoms with Gasteiger partial charge in [-0.25, -0.2) is 0 Å². The molecular formula is C20H13ClN2OS2. The zero-order chi connectivity index (χ0) is 18.3. The van der Waals surface area contributed by atoms with E-state index in [2.05, 4.69) is 0 Å². The van der Waals surface area contributed by atoms with Gasteiger partial charge in [0.2, 0.25) is 0 Å². The Bertz CT molecular complexity index is 1200. The summed E-state index contributed by atoms with van der Waals surface area (Å²) in [6.45, 7) is 0. The average Bonchev–Trinajstić information content (AvgIpc) is 3.03. The molecule has 0 fully saturated rings. The van der Waals surface area contributed by atoms with Crippen LogP contribution < -0.4 is 11.3 Å². The molecule has 2 N–H and O–H groups in total. The first-order valence-corrected chi connectivity index (χ1v) is 9.47. The van der Waals surface area contributed by atoms with Gasteiger partial charge >= 0.3 is 0 Å². The molecule has 3 nitrogen and oxygen atoms in total. The van der Waals surface area contributed by atoms with Gasteiger partial charge in [-0.1, -0.05) is 66.3 Å². The molecule has 0 saturated carbocycles. The standard InChI is InChI=1S/C20H13ClN2OS2/c21-14-8-4-5-9-15(14)23-16(24)11-10-13-17(12-6-2-1-3-7-12)18(19(22)25)26-20(13)23/h1-11H,(H2,22,25). The van der Waals surface area contributed by atoms with E-state index in [1.807, 2.05) is 54.6 Å². The molecule has 0 aliphatic rings. The number of hydrogen-bond donors (Lipinski definition) is 1. The number of halogens is 1. The largest absolute Gasteiger partial charge is 0.389 e. The van der Waals surface area contributed by atoms with Crippen LogP contribution in [0.15, 0.2) is 71.5 Å². The molecule has 2 heterocycles. The van der Waals surface area contributed by atoms with Gasteiger partial charge in [0.25, 0.3) is 5.56 Å². The number of nitrogens with two attached hydrogens (primary N) is 1. The summed E-state index contributed by atoms with van der Waals surface area (Å²) in [6, 6.07) is 20.6. The summed E-state index contributed by atoms with van der Waals surface area (Å²) in [5.74, 6) is 0. The highest BCUT2D eigenvalue weighted by atomic mass is 35.5. The molecule has 0 aliphatic carbocycles. The van der Waals surface area contributed by atoms with Gasteiger partial charge in [-0.3, -0.25) is 9.36 Å². The molecule has 0 saturated heterocycles. The molecule has 0 atom stereocenters. The van der Waals surface area contributed by atoms with Gasteiger partial charge in [-0.15, -0.1) is 11.3 Å². The van der Waals surface area contributed by atoms with E-state index in [1.54, 1.807) is 16.7 Å². The van der Waals surface area contributed by atoms with Gasteiger partial charge < -0.3 is 5.73 Å². The second-order valence-electron chi connectivity index (χ2n) is 5.71. The number of thiophene rings is 1. The van der Waals surface area contributed by atoms with Crippen LogP contribution >= 0.6 is 35.2 Å². The Kier molecular flexibility index (Phi) is 4.36. The normalized spacial score (nSPS) is 11.0. The zero-order valence-corrected chi connectivity index (χ0v) is 15.9. The Hall–Kier alpha value is -2.47. The maximum Gasteiger partial charge on any atom is 0.256 e. The third-order valence-electron chi connectivity index (χ3n) is 4.12. The van der Waals surface area contributed by atoms with Crippen molar-refractivity contribution in [2.45, 2.75) is 0 Å². The van der Waals surface area contributed by atoms with Crippen molar-refractivity contribution in [2.24, 2.45) is 5.73 Å². The van der Waals surface area contributed by atoms with E-state index in [4.69, 9.17) is 29.6 Å². The van der Waals surface area contributed by atoms with Crippen LogP contribution in [0.4, 0.5) is 0 Å². The van der Waals surface area contributed by atoms with Crippen molar-refractivity contribution >= 4 is 50.4 Å². The summed E-state index contributed by atoms with van der Waals surface area (Å²) in [4.78, 5) is 14.5. The number of para-hydroxylation sites is 1. The monoisotopic (exact) mass is 396 g/mol. The van der Waals surface area contributed by atoms with Gasteiger partial charge in [-0.2, -0.15) is 0 Å². The third-order valence-corrected chi connectivity index (χ3v) is 6.00. The van der Waals surface area contributed by atoms with Crippen molar-refractivity contribution in [1.82, 2.24) is 4.57 Å². The lowest BCUT2D eigenvalue weighted by atomic mass is 10.0. The highest BCUT2D eigenvalue weighted by molar-refractivity contribution is 7.81. The molecule has 4 rings (SSSR count). The SMILES string of the molecule is NC(=S)c1sc2c(ccc(=O)n2-c2ccccc2Cl)c1-c1ccccc1. The number of thiocarbonyl (C=S) groups is 1. The van der Waals surface area contributed by atoms with Crippen molar-refractivity contribution in [3.8, 4) is 16.8 Å². The van der Waals surface area contributed by atoms with E-state index >= 15 is 0 Å². The molecule has 0 aliphatic heterocycles. The highest BCUT2D eigenvalue weighted by Gasteiger charge is 2.20. The van der Waals surface area contributed by atoms with Crippen LogP contribution in [0.3, 0.4) is 0 Å². The van der Waals surface area contributed by atoms with Gasteiger partial charge in [-0.05, 0) is 23.8 Å². The summed E-state index contributed by atoms with van der Waals surface area (Å²) >= 11 is 13.0. The first-order valence-electron chi connectivity index (χ1n) is 7.86. The Morgan fingerprint density at radius 1 is 1.00 bits per heavy atom. The summed E-state index contributed by atoms with van der Waals surface area (Å²) in [7, 11) is 0. The summed E-state index contributed by atoms with van der Waals surface area (Å²) in [5, 5.41) is 1.43. The Morgan fingerprint density at radius 3 is 2.38 bits per heavy atom.